The molecule has 45 heavy (non-hydrogen) atoms. The molecule has 1 fully saturated rings. The van der Waals surface area contributed by atoms with Gasteiger partial charge in [-0.25, -0.2) is 4.99 Å². The van der Waals surface area contributed by atoms with Crippen molar-refractivity contribution in [2.75, 3.05) is 30.9 Å². The van der Waals surface area contributed by atoms with E-state index in [4.69, 9.17) is 5.73 Å². The molecule has 1 aliphatic carbocycles. The van der Waals surface area contributed by atoms with Gasteiger partial charge in [-0.05, 0) is 84.3 Å². The number of halogens is 3. The number of nitrogens with one attached hydrogen (secondary N) is 2. The van der Waals surface area contributed by atoms with Crippen LogP contribution in [-0.2, 0) is 4.79 Å². The summed E-state index contributed by atoms with van der Waals surface area (Å²) in [6.07, 6.45) is -2.02. The van der Waals surface area contributed by atoms with Crippen LogP contribution in [0, 0.1) is 17.2 Å². The zero-order chi connectivity index (χ0) is 32.1. The number of hydrogen-bond donors (Lipinski definition) is 3. The van der Waals surface area contributed by atoms with Crippen molar-refractivity contribution in [3.8, 4) is 6.07 Å². The highest BCUT2D eigenvalue weighted by Crippen LogP contribution is 2.36. The van der Waals surface area contributed by atoms with Crippen LogP contribution >= 0.6 is 0 Å². The van der Waals surface area contributed by atoms with E-state index in [-0.39, 0.29) is 17.3 Å². The van der Waals surface area contributed by atoms with Gasteiger partial charge in [0, 0.05) is 30.9 Å². The summed E-state index contributed by atoms with van der Waals surface area (Å²) in [5.74, 6) is -0.281. The molecule has 10 heteroatoms. The van der Waals surface area contributed by atoms with Crippen molar-refractivity contribution in [1.29, 1.82) is 5.26 Å². The minimum atomic E-state index is -4.86. The van der Waals surface area contributed by atoms with Crippen LogP contribution in [0.1, 0.15) is 35.6 Å². The monoisotopic (exact) mass is 610 g/mol. The Hall–Kier alpha value is -5.14. The fraction of sp³-hybridized carbons (Fsp3) is 0.229. The lowest BCUT2D eigenvalue weighted by Gasteiger charge is -2.24. The SMILES string of the molecule is CN(C)c1ccc(C(NCC2CC2)c2cccc(NC(=O)C(C=C(N)C(F)(F)F)=Nc3cccc(C#N)c3)c2)c2ccccc12. The fourth-order valence-electron chi connectivity index (χ4n) is 5.11. The van der Waals surface area contributed by atoms with Crippen molar-refractivity contribution in [3.05, 3.63) is 113 Å². The van der Waals surface area contributed by atoms with Gasteiger partial charge in [0.2, 0.25) is 0 Å². The zero-order valence-electron chi connectivity index (χ0n) is 24.9. The number of carbonyl (C=O) groups excluding carboxylic acids is 1. The predicted molar refractivity (Wildman–Crippen MR) is 172 cm³/mol. The number of aliphatic imine (C=N–C) groups is 1. The summed E-state index contributed by atoms with van der Waals surface area (Å²) >= 11 is 0. The summed E-state index contributed by atoms with van der Waals surface area (Å²) in [6.45, 7) is 0.824. The third-order valence-electron chi connectivity index (χ3n) is 7.59. The smallest absolute Gasteiger partial charge is 0.395 e. The molecular weight excluding hydrogens is 577 g/mol. The molecule has 4 aromatic carbocycles. The first kappa shape index (κ1) is 31.3. The van der Waals surface area contributed by atoms with E-state index in [9.17, 15) is 23.2 Å². The Bertz CT molecular complexity index is 1820. The van der Waals surface area contributed by atoms with E-state index in [1.165, 1.54) is 37.1 Å². The second kappa shape index (κ2) is 13.2. The first-order valence-electron chi connectivity index (χ1n) is 14.5. The molecule has 1 atom stereocenters. The van der Waals surface area contributed by atoms with E-state index in [2.05, 4.69) is 44.8 Å². The molecule has 5 rings (SSSR count). The maximum atomic E-state index is 13.4. The van der Waals surface area contributed by atoms with Gasteiger partial charge in [-0.15, -0.1) is 0 Å². The van der Waals surface area contributed by atoms with E-state index in [0.29, 0.717) is 17.7 Å². The van der Waals surface area contributed by atoms with Gasteiger partial charge in [0.05, 0.1) is 23.4 Å². The summed E-state index contributed by atoms with van der Waals surface area (Å²) in [5.41, 5.74) is 7.04. The number of alkyl halides is 3. The molecule has 0 bridgehead atoms. The minimum Gasteiger partial charge on any atom is -0.395 e. The lowest BCUT2D eigenvalue weighted by Crippen LogP contribution is -2.27. The molecule has 1 amide bonds. The number of nitrogens with zero attached hydrogens (tertiary/aromatic N) is 3. The van der Waals surface area contributed by atoms with Crippen LogP contribution in [0.3, 0.4) is 0 Å². The van der Waals surface area contributed by atoms with Crippen molar-refractivity contribution in [3.63, 3.8) is 0 Å². The van der Waals surface area contributed by atoms with Gasteiger partial charge in [0.25, 0.3) is 5.91 Å². The maximum Gasteiger partial charge on any atom is 0.430 e. The van der Waals surface area contributed by atoms with Crippen LogP contribution in [-0.4, -0.2) is 38.4 Å². The van der Waals surface area contributed by atoms with Gasteiger partial charge in [-0.3, -0.25) is 4.79 Å². The molecule has 230 valence electrons. The molecule has 4 aromatic rings. The van der Waals surface area contributed by atoms with Gasteiger partial charge >= 0.3 is 6.18 Å². The molecule has 0 radical (unpaired) electrons. The minimum absolute atomic E-state index is 0.136. The van der Waals surface area contributed by atoms with Crippen LogP contribution in [0.4, 0.5) is 30.2 Å². The number of carbonyl (C=O) groups is 1. The van der Waals surface area contributed by atoms with Crippen LogP contribution in [0.2, 0.25) is 0 Å². The molecule has 1 unspecified atom stereocenters. The van der Waals surface area contributed by atoms with Crippen molar-refractivity contribution >= 4 is 39.5 Å². The highest BCUT2D eigenvalue weighted by molar-refractivity contribution is 6.47. The van der Waals surface area contributed by atoms with Crippen molar-refractivity contribution in [2.45, 2.75) is 25.1 Å². The summed E-state index contributed by atoms with van der Waals surface area (Å²) in [5, 5.41) is 17.8. The largest absolute Gasteiger partial charge is 0.430 e. The van der Waals surface area contributed by atoms with Crippen LogP contribution in [0.25, 0.3) is 10.8 Å². The Balaban J connectivity index is 1.51. The third kappa shape index (κ3) is 7.69. The summed E-state index contributed by atoms with van der Waals surface area (Å²) in [6, 6.07) is 27.3. The molecule has 0 saturated heterocycles. The topological polar surface area (TPSA) is 107 Å². The molecule has 0 aliphatic heterocycles. The molecular formula is C35H33F3N6O. The normalized spacial score (nSPS) is 14.6. The Kier molecular flexibility index (Phi) is 9.21. The fourth-order valence-corrected chi connectivity index (χ4v) is 5.11. The highest BCUT2D eigenvalue weighted by Gasteiger charge is 2.32. The molecule has 0 spiro atoms. The van der Waals surface area contributed by atoms with Gasteiger partial charge in [-0.2, -0.15) is 18.4 Å². The van der Waals surface area contributed by atoms with Gasteiger partial charge in [-0.1, -0.05) is 48.5 Å². The van der Waals surface area contributed by atoms with E-state index < -0.39 is 23.5 Å². The zero-order valence-corrected chi connectivity index (χ0v) is 24.9. The second-order valence-electron chi connectivity index (χ2n) is 11.2. The third-order valence-corrected chi connectivity index (χ3v) is 7.59. The molecule has 7 nitrogen and oxygen atoms in total. The van der Waals surface area contributed by atoms with Crippen LogP contribution in [0.15, 0.2) is 102 Å². The lowest BCUT2D eigenvalue weighted by molar-refractivity contribution is -0.110. The summed E-state index contributed by atoms with van der Waals surface area (Å²) in [7, 11) is 4.01. The number of anilines is 2. The average Bonchev–Trinajstić information content (AvgIpc) is 3.85. The summed E-state index contributed by atoms with van der Waals surface area (Å²) in [4.78, 5) is 19.6. The summed E-state index contributed by atoms with van der Waals surface area (Å²) < 4.78 is 40.0. The number of allylic oxidation sites excluding steroid dienone is 1. The van der Waals surface area contributed by atoms with E-state index in [1.54, 1.807) is 12.1 Å². The lowest BCUT2D eigenvalue weighted by atomic mass is 9.92. The number of fused-ring (bicyclic) bond motifs is 1. The number of amides is 1. The molecule has 0 heterocycles. The Morgan fingerprint density at radius 3 is 2.47 bits per heavy atom. The number of nitrogens with two attached hydrogens (primary N) is 1. The van der Waals surface area contributed by atoms with Crippen LogP contribution in [0.5, 0.6) is 0 Å². The van der Waals surface area contributed by atoms with Gasteiger partial charge < -0.3 is 21.3 Å². The van der Waals surface area contributed by atoms with Crippen LogP contribution < -0.4 is 21.3 Å². The second-order valence-corrected chi connectivity index (χ2v) is 11.2. The van der Waals surface area contributed by atoms with E-state index in [0.717, 1.165) is 34.1 Å². The Morgan fingerprint density at radius 1 is 1.04 bits per heavy atom. The van der Waals surface area contributed by atoms with E-state index in [1.807, 2.05) is 44.4 Å². The predicted octanol–water partition coefficient (Wildman–Crippen LogP) is 6.98. The standard InChI is InChI=1S/C35H33F3N6O/c1-44(2)31-16-15-29(27-11-3-4-12-28(27)31)33(41-21-22-13-14-22)24-8-6-10-26(18-24)43-34(45)30(19-32(40)35(36,37)38)42-25-9-5-7-23(17-25)20-39/h3-12,15-19,22,33,41H,13-14,21,40H2,1-2H3,(H,43,45). The molecule has 4 N–H and O–H groups in total. The number of hydrogen-bond acceptors (Lipinski definition) is 6. The average molecular weight is 611 g/mol. The van der Waals surface area contributed by atoms with Gasteiger partial charge in [0.1, 0.15) is 11.4 Å². The maximum absolute atomic E-state index is 13.4. The van der Waals surface area contributed by atoms with Gasteiger partial charge in [0.15, 0.2) is 0 Å². The molecule has 1 saturated carbocycles. The van der Waals surface area contributed by atoms with E-state index >= 15 is 0 Å². The first-order valence-corrected chi connectivity index (χ1v) is 14.5. The number of nitriles is 1. The molecule has 1 aliphatic rings. The Labute approximate surface area is 259 Å². The van der Waals surface area contributed by atoms with Crippen molar-refractivity contribution in [1.82, 2.24) is 5.32 Å². The number of benzene rings is 4. The first-order chi connectivity index (χ1) is 21.5. The van der Waals surface area contributed by atoms with Crippen molar-refractivity contribution < 1.29 is 18.0 Å². The number of rotatable bonds is 10. The Morgan fingerprint density at radius 2 is 1.78 bits per heavy atom. The highest BCUT2D eigenvalue weighted by atomic mass is 19.4. The van der Waals surface area contributed by atoms with Crippen molar-refractivity contribution in [2.24, 2.45) is 16.6 Å². The quantitative estimate of drug-likeness (QED) is 0.168. The molecule has 0 aromatic heterocycles.